The van der Waals surface area contributed by atoms with Gasteiger partial charge in [0.1, 0.15) is 11.4 Å². The first-order valence-electron chi connectivity index (χ1n) is 10.2. The molecule has 3 aromatic carbocycles. The van der Waals surface area contributed by atoms with Crippen molar-refractivity contribution in [1.29, 1.82) is 0 Å². The van der Waals surface area contributed by atoms with Gasteiger partial charge in [0.05, 0.1) is 11.2 Å². The number of benzene rings is 3. The van der Waals surface area contributed by atoms with Gasteiger partial charge in [0.2, 0.25) is 5.43 Å². The smallest absolute Gasteiger partial charge is 0.341 e. The van der Waals surface area contributed by atoms with E-state index in [0.29, 0.717) is 25.2 Å². The van der Waals surface area contributed by atoms with Crippen LogP contribution >= 0.6 is 0 Å². The first-order valence-corrected chi connectivity index (χ1v) is 10.2. The summed E-state index contributed by atoms with van der Waals surface area (Å²) in [6.07, 6.45) is 1.31. The summed E-state index contributed by atoms with van der Waals surface area (Å²) in [7, 11) is 0. The zero-order valence-electron chi connectivity index (χ0n) is 17.2. The number of nitrogens with two attached hydrogens (primary N) is 1. The Morgan fingerprint density at radius 2 is 1.72 bits per heavy atom. The predicted octanol–water partition coefficient (Wildman–Crippen LogP) is 3.92. The number of nitrogens with zero attached hydrogens (tertiary/aromatic N) is 1. The highest BCUT2D eigenvalue weighted by Crippen LogP contribution is 2.24. The highest BCUT2D eigenvalue weighted by atomic mass is 19.1. The van der Waals surface area contributed by atoms with Crippen LogP contribution in [0.4, 0.5) is 10.1 Å². The van der Waals surface area contributed by atoms with Crippen molar-refractivity contribution >= 4 is 22.6 Å². The van der Waals surface area contributed by atoms with E-state index in [9.17, 15) is 19.1 Å². The lowest BCUT2D eigenvalue weighted by atomic mass is 10.0. The van der Waals surface area contributed by atoms with Crippen LogP contribution in [0.2, 0.25) is 0 Å². The van der Waals surface area contributed by atoms with Gasteiger partial charge in [-0.25, -0.2) is 9.18 Å². The molecule has 0 unspecified atom stereocenters. The fourth-order valence-electron chi connectivity index (χ4n) is 3.67. The second-order valence-electron chi connectivity index (χ2n) is 7.43. The third-order valence-electron chi connectivity index (χ3n) is 5.27. The van der Waals surface area contributed by atoms with E-state index in [4.69, 9.17) is 5.73 Å². The van der Waals surface area contributed by atoms with Crippen molar-refractivity contribution in [3.05, 3.63) is 100 Å². The number of aromatic nitrogens is 1. The monoisotopic (exact) mass is 431 g/mol. The molecule has 32 heavy (non-hydrogen) atoms. The molecule has 7 heteroatoms. The SMILES string of the molecule is NCCNc1cc2c(cc1F)c(=O)c(C(=O)O)cn2Cc1ccc(-c2ccccc2)cc1. The number of rotatable bonds is 7. The number of carboxylic acid groups (broad SMARTS) is 1. The molecular formula is C25H22FN3O3. The fraction of sp³-hybridized carbons (Fsp3) is 0.120. The number of hydrogen-bond donors (Lipinski definition) is 3. The Morgan fingerprint density at radius 3 is 2.38 bits per heavy atom. The molecule has 0 atom stereocenters. The molecule has 0 radical (unpaired) electrons. The molecule has 1 heterocycles. The number of pyridine rings is 1. The topological polar surface area (TPSA) is 97.3 Å². The normalized spacial score (nSPS) is 10.9. The Bertz CT molecular complexity index is 1330. The maximum absolute atomic E-state index is 14.5. The van der Waals surface area contributed by atoms with Crippen molar-refractivity contribution < 1.29 is 14.3 Å². The molecule has 0 aliphatic carbocycles. The van der Waals surface area contributed by atoms with Gasteiger partial charge in [-0.15, -0.1) is 0 Å². The zero-order valence-corrected chi connectivity index (χ0v) is 17.2. The summed E-state index contributed by atoms with van der Waals surface area (Å²) in [6.45, 7) is 0.991. The van der Waals surface area contributed by atoms with Crippen molar-refractivity contribution in [3.63, 3.8) is 0 Å². The van der Waals surface area contributed by atoms with Crippen molar-refractivity contribution in [2.45, 2.75) is 6.54 Å². The molecule has 0 amide bonds. The number of carboxylic acids is 1. The Kier molecular flexibility index (Phi) is 6.00. The number of anilines is 1. The lowest BCUT2D eigenvalue weighted by molar-refractivity contribution is 0.0695. The van der Waals surface area contributed by atoms with Gasteiger partial charge in [-0.2, -0.15) is 0 Å². The maximum Gasteiger partial charge on any atom is 0.341 e. The summed E-state index contributed by atoms with van der Waals surface area (Å²) in [6, 6.07) is 20.4. The summed E-state index contributed by atoms with van der Waals surface area (Å²) in [4.78, 5) is 24.3. The van der Waals surface area contributed by atoms with Gasteiger partial charge in [-0.3, -0.25) is 4.79 Å². The summed E-state index contributed by atoms with van der Waals surface area (Å²) in [5.41, 5.74) is 8.08. The van der Waals surface area contributed by atoms with E-state index in [-0.39, 0.29) is 11.1 Å². The highest BCUT2D eigenvalue weighted by molar-refractivity contribution is 5.93. The molecule has 0 bridgehead atoms. The van der Waals surface area contributed by atoms with E-state index in [1.165, 1.54) is 12.3 Å². The minimum atomic E-state index is -1.35. The third-order valence-corrected chi connectivity index (χ3v) is 5.27. The summed E-state index contributed by atoms with van der Waals surface area (Å²) >= 11 is 0. The number of nitrogens with one attached hydrogen (secondary N) is 1. The van der Waals surface area contributed by atoms with E-state index in [1.807, 2.05) is 54.6 Å². The van der Waals surface area contributed by atoms with Gasteiger partial charge in [-0.05, 0) is 28.8 Å². The average molecular weight is 431 g/mol. The molecule has 6 nitrogen and oxygen atoms in total. The van der Waals surface area contributed by atoms with Crippen LogP contribution in [0.5, 0.6) is 0 Å². The molecule has 4 rings (SSSR count). The van der Waals surface area contributed by atoms with Gasteiger partial charge in [0, 0.05) is 31.2 Å². The van der Waals surface area contributed by atoms with E-state index in [1.54, 1.807) is 4.57 Å². The van der Waals surface area contributed by atoms with E-state index in [0.717, 1.165) is 22.8 Å². The van der Waals surface area contributed by atoms with E-state index < -0.39 is 22.8 Å². The van der Waals surface area contributed by atoms with Crippen molar-refractivity contribution in [2.75, 3.05) is 18.4 Å². The standard InChI is InChI=1S/C25H22FN3O3/c26-21-12-19-23(13-22(21)28-11-10-27)29(15-20(24(19)30)25(31)32)14-16-6-8-18(9-7-16)17-4-2-1-3-5-17/h1-9,12-13,15,28H,10-11,14,27H2,(H,31,32). The van der Waals surface area contributed by atoms with Crippen molar-refractivity contribution in [2.24, 2.45) is 5.73 Å². The van der Waals surface area contributed by atoms with Gasteiger partial charge in [0.25, 0.3) is 0 Å². The summed E-state index contributed by atoms with van der Waals surface area (Å²) < 4.78 is 16.2. The van der Waals surface area contributed by atoms with Crippen LogP contribution < -0.4 is 16.5 Å². The minimum Gasteiger partial charge on any atom is -0.477 e. The van der Waals surface area contributed by atoms with Crippen LogP contribution in [-0.4, -0.2) is 28.7 Å². The molecule has 4 aromatic rings. The van der Waals surface area contributed by atoms with Crippen LogP contribution in [0.1, 0.15) is 15.9 Å². The quantitative estimate of drug-likeness (QED) is 0.412. The largest absolute Gasteiger partial charge is 0.477 e. The Balaban J connectivity index is 1.78. The number of halogens is 1. The minimum absolute atomic E-state index is 0.0154. The first-order chi connectivity index (χ1) is 15.5. The van der Waals surface area contributed by atoms with Crippen LogP contribution in [-0.2, 0) is 6.54 Å². The fourth-order valence-corrected chi connectivity index (χ4v) is 3.67. The Labute approximate surface area is 183 Å². The molecule has 0 spiro atoms. The average Bonchev–Trinajstić information content (AvgIpc) is 2.80. The second-order valence-corrected chi connectivity index (χ2v) is 7.43. The number of fused-ring (bicyclic) bond motifs is 1. The van der Waals surface area contributed by atoms with Crippen LogP contribution in [0.15, 0.2) is 77.7 Å². The lowest BCUT2D eigenvalue weighted by Gasteiger charge is -2.15. The number of aromatic carboxylic acids is 1. The first kappa shape index (κ1) is 21.3. The van der Waals surface area contributed by atoms with Gasteiger partial charge in [-0.1, -0.05) is 54.6 Å². The lowest BCUT2D eigenvalue weighted by Crippen LogP contribution is -2.20. The predicted molar refractivity (Wildman–Crippen MR) is 124 cm³/mol. The molecule has 0 aliphatic heterocycles. The van der Waals surface area contributed by atoms with Crippen LogP contribution in [0.3, 0.4) is 0 Å². The van der Waals surface area contributed by atoms with E-state index >= 15 is 0 Å². The van der Waals surface area contributed by atoms with Crippen molar-refractivity contribution in [1.82, 2.24) is 4.57 Å². The van der Waals surface area contributed by atoms with Crippen LogP contribution in [0.25, 0.3) is 22.0 Å². The van der Waals surface area contributed by atoms with Gasteiger partial charge < -0.3 is 20.7 Å². The second kappa shape index (κ2) is 9.03. The number of hydrogen-bond acceptors (Lipinski definition) is 4. The molecule has 0 fully saturated rings. The van der Waals surface area contributed by atoms with Gasteiger partial charge >= 0.3 is 5.97 Å². The Morgan fingerprint density at radius 1 is 1.03 bits per heavy atom. The Hall–Kier alpha value is -3.97. The maximum atomic E-state index is 14.5. The molecule has 0 saturated heterocycles. The zero-order chi connectivity index (χ0) is 22.7. The molecule has 4 N–H and O–H groups in total. The molecular weight excluding hydrogens is 409 g/mol. The highest BCUT2D eigenvalue weighted by Gasteiger charge is 2.17. The van der Waals surface area contributed by atoms with Crippen LogP contribution in [0, 0.1) is 5.82 Å². The molecule has 162 valence electrons. The number of carbonyl (C=O) groups is 1. The summed E-state index contributed by atoms with van der Waals surface area (Å²) in [5.74, 6) is -1.99. The molecule has 1 aromatic heterocycles. The van der Waals surface area contributed by atoms with E-state index in [2.05, 4.69) is 5.32 Å². The van der Waals surface area contributed by atoms with Crippen molar-refractivity contribution in [3.8, 4) is 11.1 Å². The molecule has 0 saturated carbocycles. The summed E-state index contributed by atoms with van der Waals surface area (Å²) in [5, 5.41) is 12.4. The third kappa shape index (κ3) is 4.24. The molecule has 0 aliphatic rings. The van der Waals surface area contributed by atoms with Gasteiger partial charge in [0.15, 0.2) is 0 Å².